The van der Waals surface area contributed by atoms with Gasteiger partial charge >= 0.3 is 5.97 Å². The van der Waals surface area contributed by atoms with Crippen LogP contribution in [0.25, 0.3) is 5.01 Å². The molecule has 0 heterocycles. The molecular formula is C7H11NO2. The molecule has 0 atom stereocenters. The highest BCUT2D eigenvalue weighted by Crippen LogP contribution is 1.99. The van der Waals surface area contributed by atoms with Gasteiger partial charge in [-0.3, -0.25) is 0 Å². The SMILES string of the molecule is [C-]#[N+]OC(=O)CCCCC. The summed E-state index contributed by atoms with van der Waals surface area (Å²) in [6.07, 6.45) is 3.29. The quantitative estimate of drug-likeness (QED) is 0.340. The molecule has 0 aliphatic carbocycles. The Morgan fingerprint density at radius 1 is 1.60 bits per heavy atom. The largest absolute Gasteiger partial charge is 0.395 e. The van der Waals surface area contributed by atoms with Crippen molar-refractivity contribution in [3.8, 4) is 0 Å². The molecule has 0 saturated heterocycles. The van der Waals surface area contributed by atoms with E-state index in [1.165, 1.54) is 0 Å². The molecule has 3 nitrogen and oxygen atoms in total. The number of hydrogen-bond donors (Lipinski definition) is 0. The van der Waals surface area contributed by atoms with Gasteiger partial charge in [-0.1, -0.05) is 19.8 Å². The number of carbonyl (C=O) groups is 1. The Labute approximate surface area is 60.8 Å². The summed E-state index contributed by atoms with van der Waals surface area (Å²) in [7, 11) is 0. The van der Waals surface area contributed by atoms with Gasteiger partial charge in [0.1, 0.15) is 0 Å². The lowest BCUT2D eigenvalue weighted by Crippen LogP contribution is -1.96. The Bertz CT molecular complexity index is 137. The summed E-state index contributed by atoms with van der Waals surface area (Å²) in [6.45, 7) is 8.25. The molecule has 0 aromatic heterocycles. The molecule has 0 radical (unpaired) electrons. The summed E-state index contributed by atoms with van der Waals surface area (Å²) in [5, 5.41) is 2.51. The molecule has 0 N–H and O–H groups in total. The Kier molecular flexibility index (Phi) is 5.45. The average molecular weight is 141 g/mol. The van der Waals surface area contributed by atoms with Crippen LogP contribution in [0.3, 0.4) is 0 Å². The topological polar surface area (TPSA) is 30.7 Å². The highest BCUT2D eigenvalue weighted by Gasteiger charge is 2.03. The molecule has 0 aromatic rings. The third-order valence-corrected chi connectivity index (χ3v) is 1.13. The van der Waals surface area contributed by atoms with Crippen LogP contribution in [0.2, 0.25) is 0 Å². The predicted octanol–water partition coefficient (Wildman–Crippen LogP) is 1.94. The third kappa shape index (κ3) is 5.10. The standard InChI is InChI=1S/C7H11NO2/c1-3-4-5-6-7(9)10-8-2/h3-6H2,1H3. The highest BCUT2D eigenvalue weighted by molar-refractivity contribution is 5.69. The van der Waals surface area contributed by atoms with Crippen molar-refractivity contribution in [1.29, 1.82) is 0 Å². The van der Waals surface area contributed by atoms with Gasteiger partial charge in [0.15, 0.2) is 0 Å². The maximum absolute atomic E-state index is 10.5. The first-order valence-electron chi connectivity index (χ1n) is 3.38. The van der Waals surface area contributed by atoms with Crippen molar-refractivity contribution in [1.82, 2.24) is 0 Å². The Morgan fingerprint density at radius 3 is 2.80 bits per heavy atom. The van der Waals surface area contributed by atoms with Crippen molar-refractivity contribution in [3.63, 3.8) is 0 Å². The van der Waals surface area contributed by atoms with Crippen molar-refractivity contribution in [3.05, 3.63) is 11.6 Å². The molecule has 0 spiro atoms. The monoisotopic (exact) mass is 141 g/mol. The normalized spacial score (nSPS) is 8.40. The maximum atomic E-state index is 10.5. The highest BCUT2D eigenvalue weighted by atomic mass is 16.7. The van der Waals surface area contributed by atoms with E-state index in [4.69, 9.17) is 6.57 Å². The summed E-state index contributed by atoms with van der Waals surface area (Å²) >= 11 is 0. The van der Waals surface area contributed by atoms with Gasteiger partial charge in [-0.05, 0) is 11.4 Å². The predicted molar refractivity (Wildman–Crippen MR) is 36.8 cm³/mol. The van der Waals surface area contributed by atoms with E-state index in [2.05, 4.69) is 16.8 Å². The van der Waals surface area contributed by atoms with Gasteiger partial charge in [0, 0.05) is 0 Å². The van der Waals surface area contributed by atoms with Crippen LogP contribution in [0.5, 0.6) is 0 Å². The zero-order valence-electron chi connectivity index (χ0n) is 6.09. The van der Waals surface area contributed by atoms with Crippen molar-refractivity contribution >= 4 is 5.97 Å². The Hall–Kier alpha value is -1.04. The molecule has 0 rings (SSSR count). The number of hydrogen-bond acceptors (Lipinski definition) is 2. The van der Waals surface area contributed by atoms with Crippen LogP contribution in [0.15, 0.2) is 0 Å². The molecule has 56 valence electrons. The lowest BCUT2D eigenvalue weighted by Gasteiger charge is -1.90. The van der Waals surface area contributed by atoms with Crippen molar-refractivity contribution in [2.24, 2.45) is 0 Å². The fraction of sp³-hybridized carbons (Fsp3) is 0.714. The molecule has 3 heteroatoms. The lowest BCUT2D eigenvalue weighted by molar-refractivity contribution is -0.138. The zero-order chi connectivity index (χ0) is 7.82. The Balaban J connectivity index is 3.15. The fourth-order valence-corrected chi connectivity index (χ4v) is 0.616. The molecule has 0 aromatic carbocycles. The molecule has 0 aliphatic rings. The first kappa shape index (κ1) is 8.96. The van der Waals surface area contributed by atoms with Crippen LogP contribution in [0.4, 0.5) is 0 Å². The second-order valence-corrected chi connectivity index (χ2v) is 2.01. The van der Waals surface area contributed by atoms with E-state index in [-0.39, 0.29) is 0 Å². The number of rotatable bonds is 4. The van der Waals surface area contributed by atoms with Crippen LogP contribution >= 0.6 is 0 Å². The maximum Gasteiger partial charge on any atom is 0.395 e. The number of carbonyl (C=O) groups excluding carboxylic acids is 1. The van der Waals surface area contributed by atoms with Gasteiger partial charge in [0.2, 0.25) is 0 Å². The zero-order valence-corrected chi connectivity index (χ0v) is 6.09. The van der Waals surface area contributed by atoms with Crippen molar-refractivity contribution < 1.29 is 9.63 Å². The van der Waals surface area contributed by atoms with E-state index in [9.17, 15) is 4.79 Å². The van der Waals surface area contributed by atoms with E-state index >= 15 is 0 Å². The number of nitrogens with zero attached hydrogens (tertiary/aromatic N) is 1. The Morgan fingerprint density at radius 2 is 2.30 bits per heavy atom. The summed E-state index contributed by atoms with van der Waals surface area (Å²) in [6, 6.07) is 0. The average Bonchev–Trinajstić information content (AvgIpc) is 1.89. The van der Waals surface area contributed by atoms with Crippen LogP contribution in [0, 0.1) is 6.57 Å². The fourth-order valence-electron chi connectivity index (χ4n) is 0.616. The van der Waals surface area contributed by atoms with Gasteiger partial charge < -0.3 is 0 Å². The lowest BCUT2D eigenvalue weighted by atomic mass is 10.2. The van der Waals surface area contributed by atoms with Crippen molar-refractivity contribution in [2.75, 3.05) is 0 Å². The van der Waals surface area contributed by atoms with Crippen LogP contribution in [-0.2, 0) is 9.63 Å². The minimum atomic E-state index is -0.413. The molecule has 0 saturated carbocycles. The van der Waals surface area contributed by atoms with Gasteiger partial charge in [-0.2, -0.15) is 6.57 Å². The van der Waals surface area contributed by atoms with Crippen LogP contribution < -0.4 is 0 Å². The minimum Gasteiger partial charge on any atom is -0.243 e. The van der Waals surface area contributed by atoms with Gasteiger partial charge in [0.05, 0.1) is 6.42 Å². The summed E-state index contributed by atoms with van der Waals surface area (Å²) in [5.74, 6) is -0.413. The second kappa shape index (κ2) is 6.09. The summed E-state index contributed by atoms with van der Waals surface area (Å²) < 4.78 is 0. The third-order valence-electron chi connectivity index (χ3n) is 1.13. The molecular weight excluding hydrogens is 130 g/mol. The molecule has 0 amide bonds. The van der Waals surface area contributed by atoms with E-state index in [0.29, 0.717) is 6.42 Å². The van der Waals surface area contributed by atoms with Gasteiger partial charge in [0.25, 0.3) is 0 Å². The van der Waals surface area contributed by atoms with Crippen LogP contribution in [0.1, 0.15) is 32.6 Å². The first-order chi connectivity index (χ1) is 4.81. The van der Waals surface area contributed by atoms with E-state index in [1.54, 1.807) is 0 Å². The number of unbranched alkanes of at least 4 members (excludes halogenated alkanes) is 2. The molecule has 10 heavy (non-hydrogen) atoms. The van der Waals surface area contributed by atoms with E-state index in [1.807, 2.05) is 0 Å². The minimum absolute atomic E-state index is 0.371. The second-order valence-electron chi connectivity index (χ2n) is 2.01. The summed E-state index contributed by atoms with van der Waals surface area (Å²) in [4.78, 5) is 14.5. The van der Waals surface area contributed by atoms with Crippen LogP contribution in [-0.4, -0.2) is 5.97 Å². The molecule has 0 aliphatic heterocycles. The van der Waals surface area contributed by atoms with E-state index in [0.717, 1.165) is 19.3 Å². The molecule has 0 bridgehead atoms. The smallest absolute Gasteiger partial charge is 0.243 e. The first-order valence-corrected chi connectivity index (χ1v) is 3.38. The molecule has 0 fully saturated rings. The van der Waals surface area contributed by atoms with E-state index < -0.39 is 5.97 Å². The summed E-state index contributed by atoms with van der Waals surface area (Å²) in [5.41, 5.74) is 0. The van der Waals surface area contributed by atoms with Gasteiger partial charge in [-0.15, -0.1) is 4.84 Å². The van der Waals surface area contributed by atoms with Gasteiger partial charge in [-0.25, -0.2) is 4.79 Å². The molecule has 0 unspecified atom stereocenters. The van der Waals surface area contributed by atoms with Crippen molar-refractivity contribution in [2.45, 2.75) is 32.6 Å².